The van der Waals surface area contributed by atoms with E-state index in [1.165, 1.54) is 24.3 Å². The van der Waals surface area contributed by atoms with Crippen LogP contribution in [0.3, 0.4) is 0 Å². The predicted molar refractivity (Wildman–Crippen MR) is 85.4 cm³/mol. The van der Waals surface area contributed by atoms with Gasteiger partial charge in [-0.15, -0.1) is 0 Å². The van der Waals surface area contributed by atoms with Gasteiger partial charge in [-0.1, -0.05) is 12.1 Å². The van der Waals surface area contributed by atoms with E-state index in [-0.39, 0.29) is 17.6 Å². The van der Waals surface area contributed by atoms with Crippen LogP contribution in [-0.4, -0.2) is 23.3 Å². The molecule has 1 heterocycles. The van der Waals surface area contributed by atoms with Gasteiger partial charge in [0.25, 0.3) is 5.91 Å². The normalized spacial score (nSPS) is 14.1. The first-order chi connectivity index (χ1) is 11.1. The molecule has 0 bridgehead atoms. The number of halogens is 1. The number of anilines is 1. The van der Waals surface area contributed by atoms with Crippen molar-refractivity contribution in [2.45, 2.75) is 19.4 Å². The third-order valence-electron chi connectivity index (χ3n) is 3.86. The summed E-state index contributed by atoms with van der Waals surface area (Å²) in [6.45, 7) is 1.38. The number of carbonyl (C=O) groups is 2. The SMILES string of the molecule is O=C(Nc1ccc(F)cc1)c1ccc(CN2CCCC2=O)cc1. The summed E-state index contributed by atoms with van der Waals surface area (Å²) in [5.74, 6) is -0.410. The van der Waals surface area contributed by atoms with Crippen molar-refractivity contribution in [1.82, 2.24) is 4.90 Å². The molecule has 1 saturated heterocycles. The number of nitrogens with zero attached hydrogens (tertiary/aromatic N) is 1. The van der Waals surface area contributed by atoms with Gasteiger partial charge >= 0.3 is 0 Å². The van der Waals surface area contributed by atoms with E-state index in [0.717, 1.165) is 18.5 Å². The summed E-state index contributed by atoms with van der Waals surface area (Å²) in [6.07, 6.45) is 1.54. The molecule has 1 N–H and O–H groups in total. The number of rotatable bonds is 4. The van der Waals surface area contributed by atoms with Crippen molar-refractivity contribution in [2.24, 2.45) is 0 Å². The Morgan fingerprint density at radius 3 is 2.39 bits per heavy atom. The van der Waals surface area contributed by atoms with Crippen LogP contribution in [0.15, 0.2) is 48.5 Å². The highest BCUT2D eigenvalue weighted by atomic mass is 19.1. The van der Waals surface area contributed by atoms with E-state index in [9.17, 15) is 14.0 Å². The second-order valence-corrected chi connectivity index (χ2v) is 5.58. The van der Waals surface area contributed by atoms with Gasteiger partial charge in [0, 0.05) is 30.8 Å². The van der Waals surface area contributed by atoms with E-state index >= 15 is 0 Å². The molecule has 2 aromatic carbocycles. The second kappa shape index (κ2) is 6.60. The molecule has 0 aliphatic carbocycles. The minimum absolute atomic E-state index is 0.183. The predicted octanol–water partition coefficient (Wildman–Crippen LogP) is 3.20. The van der Waals surface area contributed by atoms with E-state index in [1.54, 1.807) is 12.1 Å². The lowest BCUT2D eigenvalue weighted by atomic mass is 10.1. The molecule has 1 aliphatic heterocycles. The Morgan fingerprint density at radius 2 is 1.78 bits per heavy atom. The highest BCUT2D eigenvalue weighted by Gasteiger charge is 2.19. The van der Waals surface area contributed by atoms with Gasteiger partial charge in [-0.2, -0.15) is 0 Å². The number of hydrogen-bond donors (Lipinski definition) is 1. The van der Waals surface area contributed by atoms with Gasteiger partial charge in [0.2, 0.25) is 5.91 Å². The quantitative estimate of drug-likeness (QED) is 0.942. The highest BCUT2D eigenvalue weighted by Crippen LogP contribution is 2.16. The van der Waals surface area contributed by atoms with Crippen LogP contribution in [0.4, 0.5) is 10.1 Å². The van der Waals surface area contributed by atoms with Crippen LogP contribution in [0.5, 0.6) is 0 Å². The molecule has 2 aromatic rings. The van der Waals surface area contributed by atoms with Crippen molar-refractivity contribution in [1.29, 1.82) is 0 Å². The van der Waals surface area contributed by atoms with Gasteiger partial charge in [0.1, 0.15) is 5.82 Å². The zero-order valence-electron chi connectivity index (χ0n) is 12.6. The zero-order valence-corrected chi connectivity index (χ0v) is 12.6. The van der Waals surface area contributed by atoms with Crippen molar-refractivity contribution in [2.75, 3.05) is 11.9 Å². The maximum Gasteiger partial charge on any atom is 0.255 e. The molecule has 0 radical (unpaired) electrons. The topological polar surface area (TPSA) is 49.4 Å². The largest absolute Gasteiger partial charge is 0.338 e. The molecule has 1 fully saturated rings. The van der Waals surface area contributed by atoms with Gasteiger partial charge in [0.05, 0.1) is 0 Å². The lowest BCUT2D eigenvalue weighted by Crippen LogP contribution is -2.23. The lowest BCUT2D eigenvalue weighted by molar-refractivity contribution is -0.128. The van der Waals surface area contributed by atoms with Gasteiger partial charge < -0.3 is 10.2 Å². The van der Waals surface area contributed by atoms with Crippen molar-refractivity contribution in [3.05, 3.63) is 65.5 Å². The Labute approximate surface area is 133 Å². The standard InChI is InChI=1S/C18H17FN2O2/c19-15-7-9-16(10-8-15)20-18(23)14-5-3-13(4-6-14)12-21-11-1-2-17(21)22/h3-10H,1-2,11-12H2,(H,20,23). The molecule has 0 aromatic heterocycles. The second-order valence-electron chi connectivity index (χ2n) is 5.58. The van der Waals surface area contributed by atoms with Crippen LogP contribution >= 0.6 is 0 Å². The summed E-state index contributed by atoms with van der Waals surface area (Å²) in [6, 6.07) is 12.8. The minimum atomic E-state index is -0.344. The van der Waals surface area contributed by atoms with E-state index in [2.05, 4.69) is 5.32 Å². The molecule has 23 heavy (non-hydrogen) atoms. The van der Waals surface area contributed by atoms with Gasteiger partial charge in [0.15, 0.2) is 0 Å². The molecule has 1 aliphatic rings. The lowest BCUT2D eigenvalue weighted by Gasteiger charge is -2.15. The van der Waals surface area contributed by atoms with Crippen molar-refractivity contribution >= 4 is 17.5 Å². The average Bonchev–Trinajstić information content (AvgIpc) is 2.95. The minimum Gasteiger partial charge on any atom is -0.338 e. The summed E-state index contributed by atoms with van der Waals surface area (Å²) in [5, 5.41) is 2.71. The molecule has 5 heteroatoms. The fourth-order valence-electron chi connectivity index (χ4n) is 2.59. The zero-order chi connectivity index (χ0) is 16.2. The maximum atomic E-state index is 12.8. The van der Waals surface area contributed by atoms with E-state index in [4.69, 9.17) is 0 Å². The van der Waals surface area contributed by atoms with E-state index in [1.807, 2.05) is 17.0 Å². The Morgan fingerprint density at radius 1 is 1.09 bits per heavy atom. The fourth-order valence-corrected chi connectivity index (χ4v) is 2.59. The van der Waals surface area contributed by atoms with Gasteiger partial charge in [-0.25, -0.2) is 4.39 Å². The fraction of sp³-hybridized carbons (Fsp3) is 0.222. The summed E-state index contributed by atoms with van der Waals surface area (Å²) >= 11 is 0. The van der Waals surface area contributed by atoms with Crippen molar-refractivity contribution in [3.8, 4) is 0 Å². The molecular weight excluding hydrogens is 295 g/mol. The molecule has 0 unspecified atom stereocenters. The Balaban J connectivity index is 1.63. The highest BCUT2D eigenvalue weighted by molar-refractivity contribution is 6.04. The van der Waals surface area contributed by atoms with Crippen LogP contribution in [0, 0.1) is 5.82 Å². The van der Waals surface area contributed by atoms with Crippen LogP contribution in [-0.2, 0) is 11.3 Å². The first-order valence-electron chi connectivity index (χ1n) is 7.55. The van der Waals surface area contributed by atoms with Crippen LogP contribution < -0.4 is 5.32 Å². The first kappa shape index (κ1) is 15.2. The monoisotopic (exact) mass is 312 g/mol. The number of hydrogen-bond acceptors (Lipinski definition) is 2. The van der Waals surface area contributed by atoms with Crippen LogP contribution in [0.2, 0.25) is 0 Å². The summed E-state index contributed by atoms with van der Waals surface area (Å²) in [4.78, 5) is 25.6. The number of carbonyl (C=O) groups excluding carboxylic acids is 2. The number of amides is 2. The summed E-state index contributed by atoms with van der Waals surface area (Å²) in [5.41, 5.74) is 2.06. The number of benzene rings is 2. The van der Waals surface area contributed by atoms with Gasteiger partial charge in [-0.05, 0) is 48.4 Å². The van der Waals surface area contributed by atoms with Crippen molar-refractivity contribution < 1.29 is 14.0 Å². The first-order valence-corrected chi connectivity index (χ1v) is 7.55. The number of nitrogens with one attached hydrogen (secondary N) is 1. The van der Waals surface area contributed by atoms with E-state index in [0.29, 0.717) is 24.2 Å². The number of likely N-dealkylation sites (tertiary alicyclic amines) is 1. The molecule has 0 atom stereocenters. The molecule has 3 rings (SSSR count). The smallest absolute Gasteiger partial charge is 0.255 e. The molecule has 2 amide bonds. The Bertz CT molecular complexity index is 711. The third kappa shape index (κ3) is 3.74. The maximum absolute atomic E-state index is 12.8. The summed E-state index contributed by atoms with van der Waals surface area (Å²) < 4.78 is 12.8. The third-order valence-corrected chi connectivity index (χ3v) is 3.86. The molecule has 0 spiro atoms. The van der Waals surface area contributed by atoms with E-state index < -0.39 is 0 Å². The molecule has 0 saturated carbocycles. The Kier molecular flexibility index (Phi) is 4.37. The van der Waals surface area contributed by atoms with Gasteiger partial charge in [-0.3, -0.25) is 9.59 Å². The summed E-state index contributed by atoms with van der Waals surface area (Å²) in [7, 11) is 0. The van der Waals surface area contributed by atoms with Crippen molar-refractivity contribution in [3.63, 3.8) is 0 Å². The molecule has 118 valence electrons. The Hall–Kier alpha value is -2.69. The molecule has 4 nitrogen and oxygen atoms in total. The van der Waals surface area contributed by atoms with Crippen LogP contribution in [0.1, 0.15) is 28.8 Å². The van der Waals surface area contributed by atoms with Crippen LogP contribution in [0.25, 0.3) is 0 Å². The molecular formula is C18H17FN2O2. The average molecular weight is 312 g/mol.